The predicted octanol–water partition coefficient (Wildman–Crippen LogP) is 15.2. The number of azo groups is 1. The molecule has 0 saturated heterocycles. The van der Waals surface area contributed by atoms with Gasteiger partial charge in [-0.1, -0.05) is 153 Å². The largest absolute Gasteiger partial charge is 0.494 e. The van der Waals surface area contributed by atoms with Crippen LogP contribution in [0.2, 0.25) is 0 Å². The van der Waals surface area contributed by atoms with Gasteiger partial charge >= 0.3 is 0 Å². The van der Waals surface area contributed by atoms with E-state index in [4.69, 9.17) is 9.47 Å². The van der Waals surface area contributed by atoms with Gasteiger partial charge in [0.15, 0.2) is 0 Å². The molecular weight excluding hydrogens is 613 g/mol. The van der Waals surface area contributed by atoms with Crippen LogP contribution in [0, 0.1) is 0 Å². The predicted molar refractivity (Wildman–Crippen MR) is 214 cm³/mol. The van der Waals surface area contributed by atoms with Crippen LogP contribution in [-0.2, 0) is 0 Å². The van der Waals surface area contributed by atoms with Crippen molar-refractivity contribution in [1.82, 2.24) is 0 Å². The van der Waals surface area contributed by atoms with Gasteiger partial charge in [0.1, 0.15) is 11.5 Å². The molecule has 50 heavy (non-hydrogen) atoms. The Kier molecular flexibility index (Phi) is 17.7. The van der Waals surface area contributed by atoms with Gasteiger partial charge in [-0.05, 0) is 96.0 Å². The normalized spacial score (nSPS) is 12.0. The molecule has 0 bridgehead atoms. The topological polar surface area (TPSA) is 43.2 Å². The highest BCUT2D eigenvalue weighted by Gasteiger charge is 2.12. The first kappa shape index (κ1) is 38.9. The van der Waals surface area contributed by atoms with E-state index in [1.54, 1.807) is 0 Å². The lowest BCUT2D eigenvalue weighted by molar-refractivity contribution is 0.299. The molecule has 0 aromatic heterocycles. The van der Waals surface area contributed by atoms with Gasteiger partial charge < -0.3 is 9.47 Å². The van der Waals surface area contributed by atoms with E-state index in [-0.39, 0.29) is 0 Å². The van der Waals surface area contributed by atoms with Crippen molar-refractivity contribution in [2.45, 2.75) is 130 Å². The van der Waals surface area contributed by atoms with Gasteiger partial charge in [-0.3, -0.25) is 0 Å². The summed E-state index contributed by atoms with van der Waals surface area (Å²) in [6.45, 7) is 10.2. The zero-order valence-electron chi connectivity index (χ0n) is 31.5. The molecule has 1 atom stereocenters. The number of rotatable bonds is 24. The fraction of sp³-hybridized carbons (Fsp3) is 0.478. The maximum Gasteiger partial charge on any atom is 0.122 e. The molecular formula is C46H62N2O2. The third-order valence-electron chi connectivity index (χ3n) is 9.76. The maximum atomic E-state index is 6.31. The average molecular weight is 675 g/mol. The molecule has 268 valence electrons. The fourth-order valence-electron chi connectivity index (χ4n) is 6.41. The first-order valence-electron chi connectivity index (χ1n) is 19.7. The van der Waals surface area contributed by atoms with Crippen LogP contribution in [0.25, 0.3) is 22.3 Å². The number of nitrogens with zero attached hydrogens (tertiary/aromatic N) is 2. The highest BCUT2D eigenvalue weighted by Crippen LogP contribution is 2.34. The Morgan fingerprint density at radius 3 is 1.42 bits per heavy atom. The van der Waals surface area contributed by atoms with E-state index in [1.807, 2.05) is 37.3 Å². The molecule has 0 fully saturated rings. The van der Waals surface area contributed by atoms with E-state index < -0.39 is 0 Å². The van der Waals surface area contributed by atoms with E-state index >= 15 is 0 Å². The summed E-state index contributed by atoms with van der Waals surface area (Å²) >= 11 is 0. The zero-order chi connectivity index (χ0) is 35.2. The van der Waals surface area contributed by atoms with Gasteiger partial charge in [0, 0.05) is 0 Å². The summed E-state index contributed by atoms with van der Waals surface area (Å²) in [5, 5.41) is 9.16. The first-order valence-corrected chi connectivity index (χ1v) is 19.7. The Balaban J connectivity index is 1.20. The van der Waals surface area contributed by atoms with Crippen LogP contribution >= 0.6 is 0 Å². The van der Waals surface area contributed by atoms with Crippen LogP contribution in [0.1, 0.15) is 135 Å². The number of hydrogen-bond donors (Lipinski definition) is 0. The molecule has 0 saturated carbocycles. The van der Waals surface area contributed by atoms with Crippen LogP contribution in [0.4, 0.5) is 11.4 Å². The second kappa shape index (κ2) is 22.7. The molecule has 4 aromatic carbocycles. The van der Waals surface area contributed by atoms with Gasteiger partial charge in [0.25, 0.3) is 0 Å². The molecule has 4 heteroatoms. The molecule has 0 N–H and O–H groups in total. The highest BCUT2D eigenvalue weighted by atomic mass is 16.5. The molecule has 0 radical (unpaired) electrons. The Morgan fingerprint density at radius 1 is 0.480 bits per heavy atom. The smallest absolute Gasteiger partial charge is 0.122 e. The number of unbranched alkanes of at least 4 members (excludes halogenated alkanes) is 13. The maximum absolute atomic E-state index is 6.31. The SMILES string of the molecule is CCCCCCCCCCCCCCCCOc1ccc(N=Nc2ccc(-c3ccc(-c4ccc(OCC)cc4)cc3)cc2)cc1C(C)CC. The van der Waals surface area contributed by atoms with Crippen LogP contribution in [0.3, 0.4) is 0 Å². The molecule has 4 nitrogen and oxygen atoms in total. The Morgan fingerprint density at radius 2 is 0.920 bits per heavy atom. The van der Waals surface area contributed by atoms with E-state index in [0.717, 1.165) is 47.9 Å². The van der Waals surface area contributed by atoms with E-state index in [1.165, 1.54) is 106 Å². The van der Waals surface area contributed by atoms with Crippen molar-refractivity contribution in [3.05, 3.63) is 96.6 Å². The van der Waals surface area contributed by atoms with E-state index in [0.29, 0.717) is 12.5 Å². The highest BCUT2D eigenvalue weighted by molar-refractivity contribution is 5.71. The molecule has 4 aromatic rings. The monoisotopic (exact) mass is 674 g/mol. The third kappa shape index (κ3) is 13.4. The molecule has 1 unspecified atom stereocenters. The average Bonchev–Trinajstić information content (AvgIpc) is 3.16. The minimum Gasteiger partial charge on any atom is -0.494 e. The van der Waals surface area contributed by atoms with E-state index in [2.05, 4.69) is 91.7 Å². The molecule has 0 amide bonds. The fourth-order valence-corrected chi connectivity index (χ4v) is 6.41. The first-order chi connectivity index (χ1) is 24.6. The number of hydrogen-bond acceptors (Lipinski definition) is 4. The second-order valence-corrected chi connectivity index (χ2v) is 13.8. The van der Waals surface area contributed by atoms with Crippen molar-refractivity contribution < 1.29 is 9.47 Å². The van der Waals surface area contributed by atoms with Gasteiger partial charge in [0.05, 0.1) is 24.6 Å². The van der Waals surface area contributed by atoms with Crippen molar-refractivity contribution in [1.29, 1.82) is 0 Å². The minimum absolute atomic E-state index is 0.400. The van der Waals surface area contributed by atoms with Gasteiger partial charge in [-0.15, -0.1) is 0 Å². The quantitative estimate of drug-likeness (QED) is 0.0548. The molecule has 0 spiro atoms. The van der Waals surface area contributed by atoms with Crippen LogP contribution in [0.15, 0.2) is 101 Å². The van der Waals surface area contributed by atoms with Crippen LogP contribution < -0.4 is 9.47 Å². The lowest BCUT2D eigenvalue weighted by Gasteiger charge is -2.16. The summed E-state index contributed by atoms with van der Waals surface area (Å²) in [5.41, 5.74) is 7.61. The molecule has 0 aliphatic rings. The van der Waals surface area contributed by atoms with Crippen molar-refractivity contribution >= 4 is 11.4 Å². The summed E-state index contributed by atoms with van der Waals surface area (Å²) in [4.78, 5) is 0. The van der Waals surface area contributed by atoms with E-state index in [9.17, 15) is 0 Å². The van der Waals surface area contributed by atoms with Gasteiger partial charge in [-0.25, -0.2) is 0 Å². The summed E-state index contributed by atoms with van der Waals surface area (Å²) in [6.07, 6.45) is 20.2. The van der Waals surface area contributed by atoms with Crippen molar-refractivity contribution in [2.24, 2.45) is 10.2 Å². The standard InChI is InChI=1S/C46H62N2O2/c1-5-8-9-10-11-12-13-14-15-16-17-18-19-20-35-50-46-34-31-43(36-45(46)37(4)6-2)48-47-42-29-25-40(26-30-42)38-21-23-39(24-22-38)41-27-32-44(33-28-41)49-7-3/h21-34,36-37H,5-20,35H2,1-4H3. The molecule has 0 aliphatic heterocycles. The number of ether oxygens (including phenoxy) is 2. The van der Waals surface area contributed by atoms with Crippen molar-refractivity contribution in [3.8, 4) is 33.8 Å². The van der Waals surface area contributed by atoms with Crippen LogP contribution in [0.5, 0.6) is 11.5 Å². The Bertz CT molecular complexity index is 1510. The van der Waals surface area contributed by atoms with Crippen LogP contribution in [-0.4, -0.2) is 13.2 Å². The van der Waals surface area contributed by atoms with Gasteiger partial charge in [0.2, 0.25) is 0 Å². The summed E-state index contributed by atoms with van der Waals surface area (Å²) in [7, 11) is 0. The lowest BCUT2D eigenvalue weighted by Crippen LogP contribution is -2.02. The third-order valence-corrected chi connectivity index (χ3v) is 9.76. The summed E-state index contributed by atoms with van der Waals surface area (Å²) in [5.74, 6) is 2.29. The van der Waals surface area contributed by atoms with Gasteiger partial charge in [-0.2, -0.15) is 10.2 Å². The number of benzene rings is 4. The molecule has 0 aliphatic carbocycles. The van der Waals surface area contributed by atoms with Crippen molar-refractivity contribution in [2.75, 3.05) is 13.2 Å². The molecule has 4 rings (SSSR count). The van der Waals surface area contributed by atoms with Crippen molar-refractivity contribution in [3.63, 3.8) is 0 Å². The molecule has 0 heterocycles. The minimum atomic E-state index is 0.400. The summed E-state index contributed by atoms with van der Waals surface area (Å²) < 4.78 is 11.9. The second-order valence-electron chi connectivity index (χ2n) is 13.8. The zero-order valence-corrected chi connectivity index (χ0v) is 31.5. The lowest BCUT2D eigenvalue weighted by atomic mass is 9.97. The Hall–Kier alpha value is -3.92. The Labute approximate surface area is 303 Å². The summed E-state index contributed by atoms with van der Waals surface area (Å²) in [6, 6.07) is 31.5.